The van der Waals surface area contributed by atoms with Gasteiger partial charge in [-0.25, -0.2) is 4.79 Å². The lowest BCUT2D eigenvalue weighted by Gasteiger charge is -2.31. The third kappa shape index (κ3) is 3.51. The standard InChI is InChI=1S/C18H20N2O2S/c1-2-22-13-7-12-19-18(21)20-14-8-3-5-10-16(14)23-17-11-6-4-9-15(17)20/h3-6,8-11H,2,7,12-13H2,1H3,(H,19,21). The Hall–Kier alpha value is -1.98. The molecule has 0 saturated carbocycles. The van der Waals surface area contributed by atoms with E-state index < -0.39 is 0 Å². The van der Waals surface area contributed by atoms with Crippen LogP contribution < -0.4 is 10.2 Å². The molecule has 23 heavy (non-hydrogen) atoms. The highest BCUT2D eigenvalue weighted by atomic mass is 32.2. The van der Waals surface area contributed by atoms with Gasteiger partial charge in [-0.2, -0.15) is 0 Å². The number of carbonyl (C=O) groups excluding carboxylic acids is 1. The lowest BCUT2D eigenvalue weighted by atomic mass is 10.2. The second-order valence-electron chi connectivity index (χ2n) is 5.16. The second-order valence-corrected chi connectivity index (χ2v) is 6.24. The van der Waals surface area contributed by atoms with Crippen LogP contribution >= 0.6 is 11.8 Å². The number of carbonyl (C=O) groups is 1. The molecule has 1 aliphatic heterocycles. The van der Waals surface area contributed by atoms with Crippen molar-refractivity contribution < 1.29 is 9.53 Å². The zero-order chi connectivity index (χ0) is 16.1. The number of urea groups is 1. The first kappa shape index (κ1) is 15.9. The number of fused-ring (bicyclic) bond motifs is 2. The molecular formula is C18H20N2O2S. The number of benzene rings is 2. The van der Waals surface area contributed by atoms with Crippen molar-refractivity contribution in [1.29, 1.82) is 0 Å². The minimum absolute atomic E-state index is 0.0956. The number of amides is 2. The summed E-state index contributed by atoms with van der Waals surface area (Å²) in [6.45, 7) is 3.95. The van der Waals surface area contributed by atoms with Gasteiger partial charge < -0.3 is 10.1 Å². The lowest BCUT2D eigenvalue weighted by molar-refractivity contribution is 0.145. The molecule has 0 atom stereocenters. The van der Waals surface area contributed by atoms with E-state index >= 15 is 0 Å². The number of nitrogens with one attached hydrogen (secondary N) is 1. The van der Waals surface area contributed by atoms with Gasteiger partial charge in [0.05, 0.1) is 11.4 Å². The zero-order valence-corrected chi connectivity index (χ0v) is 13.9. The highest BCUT2D eigenvalue weighted by molar-refractivity contribution is 7.99. The molecule has 0 saturated heterocycles. The molecule has 2 aromatic carbocycles. The van der Waals surface area contributed by atoms with Crippen molar-refractivity contribution >= 4 is 29.2 Å². The van der Waals surface area contributed by atoms with E-state index in [0.29, 0.717) is 19.8 Å². The topological polar surface area (TPSA) is 41.6 Å². The van der Waals surface area contributed by atoms with Crippen LogP contribution in [0.4, 0.5) is 16.2 Å². The van der Waals surface area contributed by atoms with Crippen LogP contribution in [-0.4, -0.2) is 25.8 Å². The van der Waals surface area contributed by atoms with Crippen molar-refractivity contribution in [2.75, 3.05) is 24.7 Å². The summed E-state index contributed by atoms with van der Waals surface area (Å²) >= 11 is 1.70. The maximum atomic E-state index is 12.7. The van der Waals surface area contributed by atoms with E-state index in [9.17, 15) is 4.79 Å². The SMILES string of the molecule is CCOCCCNC(=O)N1c2ccccc2Sc2ccccc21. The fourth-order valence-corrected chi connectivity index (χ4v) is 3.57. The first-order chi connectivity index (χ1) is 11.3. The molecule has 5 heteroatoms. The Kier molecular flexibility index (Phi) is 5.20. The summed E-state index contributed by atoms with van der Waals surface area (Å²) in [6, 6.07) is 15.9. The Morgan fingerprint density at radius 3 is 2.30 bits per heavy atom. The number of hydrogen-bond acceptors (Lipinski definition) is 3. The molecule has 0 aromatic heterocycles. The number of hydrogen-bond donors (Lipinski definition) is 1. The van der Waals surface area contributed by atoms with Crippen molar-refractivity contribution in [2.24, 2.45) is 0 Å². The highest BCUT2D eigenvalue weighted by Gasteiger charge is 2.27. The van der Waals surface area contributed by atoms with Gasteiger partial charge in [0.1, 0.15) is 0 Å². The van der Waals surface area contributed by atoms with Gasteiger partial charge in [-0.3, -0.25) is 4.90 Å². The maximum Gasteiger partial charge on any atom is 0.326 e. The number of para-hydroxylation sites is 2. The van der Waals surface area contributed by atoms with E-state index in [2.05, 4.69) is 5.32 Å². The Morgan fingerprint density at radius 2 is 1.70 bits per heavy atom. The predicted octanol–water partition coefficient (Wildman–Crippen LogP) is 4.43. The van der Waals surface area contributed by atoms with Crippen LogP contribution in [0.2, 0.25) is 0 Å². The Labute approximate surface area is 140 Å². The summed E-state index contributed by atoms with van der Waals surface area (Å²) in [5.74, 6) is 0. The molecule has 3 rings (SSSR count). The molecule has 2 aromatic rings. The van der Waals surface area contributed by atoms with Gasteiger partial charge in [0.2, 0.25) is 0 Å². The molecule has 1 heterocycles. The molecule has 4 nitrogen and oxygen atoms in total. The van der Waals surface area contributed by atoms with E-state index in [1.54, 1.807) is 16.7 Å². The fourth-order valence-electron chi connectivity index (χ4n) is 2.52. The molecule has 1 N–H and O–H groups in total. The van der Waals surface area contributed by atoms with Crippen molar-refractivity contribution in [3.63, 3.8) is 0 Å². The summed E-state index contributed by atoms with van der Waals surface area (Å²) < 4.78 is 5.31. The summed E-state index contributed by atoms with van der Waals surface area (Å²) in [7, 11) is 0. The van der Waals surface area contributed by atoms with Crippen LogP contribution in [0.25, 0.3) is 0 Å². The average Bonchev–Trinajstić information content (AvgIpc) is 2.59. The maximum absolute atomic E-state index is 12.7. The first-order valence-electron chi connectivity index (χ1n) is 7.83. The summed E-state index contributed by atoms with van der Waals surface area (Å²) in [5, 5.41) is 2.99. The third-order valence-electron chi connectivity index (χ3n) is 3.58. The molecule has 2 amide bonds. The molecule has 0 fully saturated rings. The quantitative estimate of drug-likeness (QED) is 0.826. The number of ether oxygens (including phenoxy) is 1. The van der Waals surface area contributed by atoms with Crippen LogP contribution in [0.15, 0.2) is 58.3 Å². The summed E-state index contributed by atoms with van der Waals surface area (Å²) in [4.78, 5) is 16.7. The van der Waals surface area contributed by atoms with Crippen molar-refractivity contribution in [3.05, 3.63) is 48.5 Å². The normalized spacial score (nSPS) is 12.5. The molecule has 0 unspecified atom stereocenters. The monoisotopic (exact) mass is 328 g/mol. The lowest BCUT2D eigenvalue weighted by Crippen LogP contribution is -2.38. The van der Waals surface area contributed by atoms with Crippen molar-refractivity contribution in [3.8, 4) is 0 Å². The number of rotatable bonds is 5. The minimum Gasteiger partial charge on any atom is -0.382 e. The van der Waals surface area contributed by atoms with E-state index in [1.165, 1.54) is 0 Å². The fraction of sp³-hybridized carbons (Fsp3) is 0.278. The summed E-state index contributed by atoms with van der Waals surface area (Å²) in [6.07, 6.45) is 0.811. The zero-order valence-electron chi connectivity index (χ0n) is 13.1. The molecule has 0 aliphatic carbocycles. The van der Waals surface area contributed by atoms with Gasteiger partial charge in [0.25, 0.3) is 0 Å². The van der Waals surface area contributed by atoms with Gasteiger partial charge in [0, 0.05) is 29.5 Å². The molecule has 120 valence electrons. The van der Waals surface area contributed by atoms with E-state index in [-0.39, 0.29) is 6.03 Å². The van der Waals surface area contributed by atoms with Gasteiger partial charge in [0.15, 0.2) is 0 Å². The van der Waals surface area contributed by atoms with Crippen molar-refractivity contribution in [2.45, 2.75) is 23.1 Å². The van der Waals surface area contributed by atoms with Crippen LogP contribution in [0.3, 0.4) is 0 Å². The van der Waals surface area contributed by atoms with E-state index in [4.69, 9.17) is 4.74 Å². The van der Waals surface area contributed by atoms with Crippen molar-refractivity contribution in [1.82, 2.24) is 5.32 Å². The molecule has 0 radical (unpaired) electrons. The van der Waals surface area contributed by atoms with Crippen LogP contribution in [-0.2, 0) is 4.74 Å². The average molecular weight is 328 g/mol. The summed E-state index contributed by atoms with van der Waals surface area (Å²) in [5.41, 5.74) is 1.86. The Balaban J connectivity index is 1.79. The Morgan fingerprint density at radius 1 is 1.09 bits per heavy atom. The minimum atomic E-state index is -0.0956. The molecule has 0 bridgehead atoms. The van der Waals surface area contributed by atoms with Gasteiger partial charge in [-0.15, -0.1) is 0 Å². The van der Waals surface area contributed by atoms with Crippen LogP contribution in [0, 0.1) is 0 Å². The van der Waals surface area contributed by atoms with E-state index in [0.717, 1.165) is 27.6 Å². The first-order valence-corrected chi connectivity index (χ1v) is 8.64. The van der Waals surface area contributed by atoms with Crippen LogP contribution in [0.1, 0.15) is 13.3 Å². The third-order valence-corrected chi connectivity index (χ3v) is 4.71. The largest absolute Gasteiger partial charge is 0.382 e. The molecule has 1 aliphatic rings. The van der Waals surface area contributed by atoms with Gasteiger partial charge >= 0.3 is 6.03 Å². The van der Waals surface area contributed by atoms with Gasteiger partial charge in [-0.1, -0.05) is 36.0 Å². The molecular weight excluding hydrogens is 308 g/mol. The number of nitrogens with zero attached hydrogens (tertiary/aromatic N) is 1. The Bertz CT molecular complexity index is 645. The highest BCUT2D eigenvalue weighted by Crippen LogP contribution is 2.47. The molecule has 0 spiro atoms. The van der Waals surface area contributed by atoms with E-state index in [1.807, 2.05) is 55.5 Å². The second kappa shape index (κ2) is 7.53. The number of anilines is 2. The van der Waals surface area contributed by atoms with Gasteiger partial charge in [-0.05, 0) is 37.6 Å². The van der Waals surface area contributed by atoms with Crippen LogP contribution in [0.5, 0.6) is 0 Å². The smallest absolute Gasteiger partial charge is 0.326 e. The predicted molar refractivity (Wildman–Crippen MR) is 93.7 cm³/mol.